The van der Waals surface area contributed by atoms with Gasteiger partial charge in [-0.2, -0.15) is 0 Å². The lowest BCUT2D eigenvalue weighted by molar-refractivity contribution is 0.204. The first-order valence-corrected chi connectivity index (χ1v) is 9.66. The van der Waals surface area contributed by atoms with Crippen molar-refractivity contribution in [2.75, 3.05) is 0 Å². The van der Waals surface area contributed by atoms with Crippen molar-refractivity contribution in [2.24, 2.45) is 0 Å². The van der Waals surface area contributed by atoms with Gasteiger partial charge in [0.15, 0.2) is 5.85 Å². The van der Waals surface area contributed by atoms with E-state index in [0.29, 0.717) is 22.9 Å². The molecule has 0 aliphatic heterocycles. The maximum absolute atomic E-state index is 11.6. The van der Waals surface area contributed by atoms with E-state index in [2.05, 4.69) is 15.9 Å². The molecule has 0 heterocycles. The minimum atomic E-state index is -4.64. The Kier molecular flexibility index (Phi) is 5.15. The fraction of sp³-hybridized carbons (Fsp3) is 0.375. The zero-order chi connectivity index (χ0) is 16.7. The molecule has 2 rings (SSSR count). The number of rotatable bonds is 4. The second-order valence-corrected chi connectivity index (χ2v) is 7.86. The number of benzene rings is 2. The summed E-state index contributed by atoms with van der Waals surface area (Å²) in [5, 5.41) is 12.2. The highest BCUT2D eigenvalue weighted by molar-refractivity contribution is 9.10. The maximum atomic E-state index is 11.6. The van der Waals surface area contributed by atoms with Gasteiger partial charge in [0, 0.05) is 10.0 Å². The highest BCUT2D eigenvalue weighted by Gasteiger charge is 2.33. The Labute approximate surface area is 138 Å². The second kappa shape index (κ2) is 6.42. The van der Waals surface area contributed by atoms with Gasteiger partial charge in [-0.15, -0.1) is 0 Å². The van der Waals surface area contributed by atoms with Gasteiger partial charge in [-0.3, -0.25) is 4.57 Å². The standard InChI is InChI=1S/C16H20BrO4P/c1-4-10-13-8-9(3)6-7-12(13)11(5-2)15(17)14(10)16(18)22(19,20)21/h6-8,16,18H,4-5H2,1-3H3,(H2,19,20,21). The first kappa shape index (κ1) is 17.6. The highest BCUT2D eigenvalue weighted by atomic mass is 79.9. The summed E-state index contributed by atoms with van der Waals surface area (Å²) < 4.78 is 12.2. The fourth-order valence-corrected chi connectivity index (χ4v) is 4.64. The summed E-state index contributed by atoms with van der Waals surface area (Å²) in [5.41, 5.74) is 3.11. The molecule has 0 aliphatic carbocycles. The average molecular weight is 387 g/mol. The Morgan fingerprint density at radius 3 is 2.23 bits per heavy atom. The molecule has 0 aromatic heterocycles. The van der Waals surface area contributed by atoms with Crippen LogP contribution in [-0.2, 0) is 17.4 Å². The van der Waals surface area contributed by atoms with Crippen LogP contribution >= 0.6 is 23.5 Å². The van der Waals surface area contributed by atoms with E-state index in [1.54, 1.807) is 0 Å². The minimum Gasteiger partial charge on any atom is -0.376 e. The van der Waals surface area contributed by atoms with Gasteiger partial charge in [0.25, 0.3) is 0 Å². The Hall–Kier alpha value is -0.710. The van der Waals surface area contributed by atoms with Crippen LogP contribution in [0.15, 0.2) is 22.7 Å². The molecule has 0 fully saturated rings. The van der Waals surface area contributed by atoms with E-state index in [0.717, 1.165) is 27.5 Å². The van der Waals surface area contributed by atoms with Crippen molar-refractivity contribution in [1.82, 2.24) is 0 Å². The maximum Gasteiger partial charge on any atom is 0.358 e. The number of aryl methyl sites for hydroxylation is 3. The number of hydrogen-bond donors (Lipinski definition) is 3. The molecule has 4 nitrogen and oxygen atoms in total. The molecule has 0 amide bonds. The van der Waals surface area contributed by atoms with Gasteiger partial charge in [-0.1, -0.05) is 53.5 Å². The topological polar surface area (TPSA) is 77.8 Å². The van der Waals surface area contributed by atoms with E-state index in [-0.39, 0.29) is 0 Å². The summed E-state index contributed by atoms with van der Waals surface area (Å²) in [7, 11) is -4.64. The van der Waals surface area contributed by atoms with Gasteiger partial charge >= 0.3 is 7.60 Å². The van der Waals surface area contributed by atoms with Crippen LogP contribution in [0.25, 0.3) is 10.8 Å². The molecule has 2 aromatic rings. The lowest BCUT2D eigenvalue weighted by Gasteiger charge is -2.23. The molecule has 1 atom stereocenters. The molecule has 0 saturated carbocycles. The SMILES string of the molecule is CCc1c(Br)c(C(O)P(=O)(O)O)c(CC)c2cc(C)ccc12. The van der Waals surface area contributed by atoms with Crippen LogP contribution in [0, 0.1) is 6.92 Å². The van der Waals surface area contributed by atoms with E-state index in [1.165, 1.54) is 0 Å². The number of halogens is 1. The van der Waals surface area contributed by atoms with E-state index < -0.39 is 13.4 Å². The van der Waals surface area contributed by atoms with Crippen molar-refractivity contribution >= 4 is 34.3 Å². The zero-order valence-corrected chi connectivity index (χ0v) is 15.3. The van der Waals surface area contributed by atoms with Crippen LogP contribution in [0.5, 0.6) is 0 Å². The van der Waals surface area contributed by atoms with Gasteiger partial charge in [-0.25, -0.2) is 0 Å². The van der Waals surface area contributed by atoms with Crippen LogP contribution in [0.3, 0.4) is 0 Å². The summed E-state index contributed by atoms with van der Waals surface area (Å²) in [6.45, 7) is 5.88. The molecule has 0 bridgehead atoms. The molecule has 120 valence electrons. The Bertz CT molecular complexity index is 767. The van der Waals surface area contributed by atoms with E-state index in [1.807, 2.05) is 39.0 Å². The number of fused-ring (bicyclic) bond motifs is 1. The first-order valence-electron chi connectivity index (χ1n) is 7.19. The molecule has 0 aliphatic rings. The van der Waals surface area contributed by atoms with Crippen LogP contribution in [0.4, 0.5) is 0 Å². The molecule has 2 aromatic carbocycles. The van der Waals surface area contributed by atoms with E-state index in [4.69, 9.17) is 0 Å². The van der Waals surface area contributed by atoms with Crippen molar-refractivity contribution in [3.8, 4) is 0 Å². The average Bonchev–Trinajstić information content (AvgIpc) is 2.44. The molecule has 0 spiro atoms. The van der Waals surface area contributed by atoms with Gasteiger partial charge in [0.2, 0.25) is 0 Å². The van der Waals surface area contributed by atoms with Crippen LogP contribution in [0.2, 0.25) is 0 Å². The zero-order valence-electron chi connectivity index (χ0n) is 12.8. The Morgan fingerprint density at radius 1 is 1.14 bits per heavy atom. The molecule has 3 N–H and O–H groups in total. The number of aliphatic hydroxyl groups excluding tert-OH is 1. The third-order valence-electron chi connectivity index (χ3n) is 3.94. The molecule has 6 heteroatoms. The van der Waals surface area contributed by atoms with Crippen molar-refractivity contribution in [1.29, 1.82) is 0 Å². The molecule has 0 saturated heterocycles. The minimum absolute atomic E-state index is 0.311. The molecule has 22 heavy (non-hydrogen) atoms. The highest BCUT2D eigenvalue weighted by Crippen LogP contribution is 2.54. The van der Waals surface area contributed by atoms with Crippen LogP contribution in [0.1, 0.15) is 41.9 Å². The summed E-state index contributed by atoms with van der Waals surface area (Å²) in [6, 6.07) is 6.06. The molecule has 0 radical (unpaired) electrons. The van der Waals surface area contributed by atoms with Crippen molar-refractivity contribution in [2.45, 2.75) is 39.5 Å². The fourth-order valence-electron chi connectivity index (χ4n) is 2.89. The quantitative estimate of drug-likeness (QED) is 0.687. The van der Waals surface area contributed by atoms with Crippen molar-refractivity contribution in [3.05, 3.63) is 44.9 Å². The predicted molar refractivity (Wildman–Crippen MR) is 92.1 cm³/mol. The van der Waals surface area contributed by atoms with Crippen molar-refractivity contribution in [3.63, 3.8) is 0 Å². The van der Waals surface area contributed by atoms with Gasteiger partial charge in [0.05, 0.1) is 0 Å². The predicted octanol–water partition coefficient (Wildman–Crippen LogP) is 4.20. The van der Waals surface area contributed by atoms with Crippen LogP contribution < -0.4 is 0 Å². The lowest BCUT2D eigenvalue weighted by atomic mass is 9.91. The molecular formula is C16H20BrO4P. The summed E-state index contributed by atoms with van der Waals surface area (Å²) in [5.74, 6) is -1.81. The largest absolute Gasteiger partial charge is 0.376 e. The molecular weight excluding hydrogens is 367 g/mol. The Morgan fingerprint density at radius 2 is 1.73 bits per heavy atom. The monoisotopic (exact) mass is 386 g/mol. The first-order chi connectivity index (χ1) is 10.2. The molecule has 1 unspecified atom stereocenters. The van der Waals surface area contributed by atoms with Gasteiger partial charge < -0.3 is 14.9 Å². The summed E-state index contributed by atoms with van der Waals surface area (Å²) in [4.78, 5) is 18.8. The number of hydrogen-bond acceptors (Lipinski definition) is 2. The normalized spacial score (nSPS) is 13.6. The lowest BCUT2D eigenvalue weighted by Crippen LogP contribution is -2.07. The number of aliphatic hydroxyl groups is 1. The second-order valence-electron chi connectivity index (χ2n) is 5.40. The van der Waals surface area contributed by atoms with Crippen molar-refractivity contribution < 1.29 is 19.5 Å². The van der Waals surface area contributed by atoms with Crippen LogP contribution in [-0.4, -0.2) is 14.9 Å². The Balaban J connectivity index is 2.97. The van der Waals surface area contributed by atoms with Gasteiger partial charge in [-0.05, 0) is 41.7 Å². The van der Waals surface area contributed by atoms with Gasteiger partial charge in [0.1, 0.15) is 0 Å². The third kappa shape index (κ3) is 3.01. The summed E-state index contributed by atoms with van der Waals surface area (Å²) >= 11 is 3.46. The third-order valence-corrected chi connectivity index (χ3v) is 5.74. The summed E-state index contributed by atoms with van der Waals surface area (Å²) in [6.07, 6.45) is 1.28. The smallest absolute Gasteiger partial charge is 0.358 e. The van der Waals surface area contributed by atoms with E-state index in [9.17, 15) is 19.5 Å². The van der Waals surface area contributed by atoms with E-state index >= 15 is 0 Å².